The number of hydrogen-bond acceptors (Lipinski definition) is 4. The highest BCUT2D eigenvalue weighted by Gasteiger charge is 2.35. The van der Waals surface area contributed by atoms with Gasteiger partial charge in [-0.2, -0.15) is 18.3 Å². The lowest BCUT2D eigenvalue weighted by Crippen LogP contribution is -2.49. The molecule has 2 saturated heterocycles. The number of likely N-dealkylation sites (tertiary alicyclic amines) is 2. The Morgan fingerprint density at radius 1 is 1.16 bits per heavy atom. The summed E-state index contributed by atoms with van der Waals surface area (Å²) in [5, 5.41) is 6.49. The largest absolute Gasteiger partial charge is 0.418 e. The van der Waals surface area contributed by atoms with Gasteiger partial charge >= 0.3 is 6.18 Å². The average molecular weight is 438 g/mol. The number of alkyl halides is 3. The number of nitrogens with one attached hydrogen (secondary N) is 1. The number of aromatic amines is 1. The number of piperidine rings is 2. The molecule has 2 aliphatic rings. The first-order valence-electron chi connectivity index (χ1n) is 11.0. The third kappa shape index (κ3) is 4.87. The van der Waals surface area contributed by atoms with E-state index in [0.29, 0.717) is 30.0 Å². The second-order valence-corrected chi connectivity index (χ2v) is 9.09. The van der Waals surface area contributed by atoms with Crippen LogP contribution in [0.5, 0.6) is 0 Å². The summed E-state index contributed by atoms with van der Waals surface area (Å²) in [6.45, 7) is 3.63. The number of fused-ring (bicyclic) bond motifs is 1. The van der Waals surface area contributed by atoms with Crippen LogP contribution in [0.1, 0.15) is 36.8 Å². The van der Waals surface area contributed by atoms with Crippen LogP contribution in [0.15, 0.2) is 18.3 Å². The van der Waals surface area contributed by atoms with Crippen LogP contribution >= 0.6 is 0 Å². The van der Waals surface area contributed by atoms with Crippen LogP contribution in [0.4, 0.5) is 13.2 Å². The van der Waals surface area contributed by atoms with E-state index in [2.05, 4.69) is 22.1 Å². The minimum absolute atomic E-state index is 0.0490. The highest BCUT2D eigenvalue weighted by molar-refractivity contribution is 5.84. The van der Waals surface area contributed by atoms with Gasteiger partial charge in [0.25, 0.3) is 0 Å². The minimum Gasteiger partial charge on any atom is -0.341 e. The summed E-state index contributed by atoms with van der Waals surface area (Å²) in [4.78, 5) is 17.0. The van der Waals surface area contributed by atoms with E-state index in [0.717, 1.165) is 37.9 Å². The van der Waals surface area contributed by atoms with Crippen LogP contribution in [-0.4, -0.2) is 65.2 Å². The molecule has 170 valence electrons. The molecule has 1 amide bonds. The maximum Gasteiger partial charge on any atom is 0.418 e. The van der Waals surface area contributed by atoms with Gasteiger partial charge in [-0.3, -0.25) is 9.89 Å². The zero-order valence-corrected chi connectivity index (χ0v) is 17.8. The van der Waals surface area contributed by atoms with Gasteiger partial charge in [-0.25, -0.2) is 0 Å². The molecule has 2 aliphatic heterocycles. The molecule has 2 fully saturated rings. The smallest absolute Gasteiger partial charge is 0.341 e. The highest BCUT2D eigenvalue weighted by atomic mass is 19.4. The van der Waals surface area contributed by atoms with Crippen LogP contribution in [0.25, 0.3) is 10.9 Å². The van der Waals surface area contributed by atoms with Crippen molar-refractivity contribution in [2.45, 2.75) is 44.3 Å². The van der Waals surface area contributed by atoms with Crippen LogP contribution in [0.3, 0.4) is 0 Å². The van der Waals surface area contributed by atoms with E-state index in [1.165, 1.54) is 19.0 Å². The second kappa shape index (κ2) is 8.78. The maximum atomic E-state index is 13.4. The summed E-state index contributed by atoms with van der Waals surface area (Å²) in [5.41, 5.74) is 5.71. The van der Waals surface area contributed by atoms with Crippen LogP contribution in [0, 0.1) is 11.8 Å². The van der Waals surface area contributed by atoms with Crippen molar-refractivity contribution in [3.8, 4) is 0 Å². The van der Waals surface area contributed by atoms with Crippen molar-refractivity contribution in [3.63, 3.8) is 0 Å². The third-order valence-corrected chi connectivity index (χ3v) is 6.97. The number of carbonyl (C=O) groups excluding carboxylic acids is 1. The summed E-state index contributed by atoms with van der Waals surface area (Å²) >= 11 is 0. The fraction of sp³-hybridized carbons (Fsp3) is 0.636. The first-order chi connectivity index (χ1) is 14.7. The lowest BCUT2D eigenvalue weighted by atomic mass is 9.79. The number of aromatic nitrogens is 2. The second-order valence-electron chi connectivity index (χ2n) is 9.09. The van der Waals surface area contributed by atoms with E-state index in [-0.39, 0.29) is 17.8 Å². The third-order valence-electron chi connectivity index (χ3n) is 6.97. The summed E-state index contributed by atoms with van der Waals surface area (Å²) in [6.07, 6.45) is 1.30. The Morgan fingerprint density at radius 3 is 2.39 bits per heavy atom. The Balaban J connectivity index is 1.37. The number of nitrogens with two attached hydrogens (primary N) is 1. The summed E-state index contributed by atoms with van der Waals surface area (Å²) < 4.78 is 40.3. The van der Waals surface area contributed by atoms with Crippen molar-refractivity contribution in [1.82, 2.24) is 20.0 Å². The Hall–Kier alpha value is -2.13. The molecule has 2 aromatic rings. The minimum atomic E-state index is -4.51. The van der Waals surface area contributed by atoms with Gasteiger partial charge in [0, 0.05) is 18.5 Å². The highest BCUT2D eigenvalue weighted by Crippen LogP contribution is 2.35. The molecule has 3 heterocycles. The topological polar surface area (TPSA) is 78.2 Å². The number of nitrogens with zero attached hydrogens (tertiary/aromatic N) is 3. The summed E-state index contributed by atoms with van der Waals surface area (Å²) in [7, 11) is 2.15. The maximum absolute atomic E-state index is 13.4. The van der Waals surface area contributed by atoms with Gasteiger partial charge in [0.1, 0.15) is 0 Å². The molecule has 1 aromatic heterocycles. The van der Waals surface area contributed by atoms with E-state index < -0.39 is 17.8 Å². The molecule has 31 heavy (non-hydrogen) atoms. The molecular formula is C22H30F3N5O. The quantitative estimate of drug-likeness (QED) is 0.771. The molecule has 0 radical (unpaired) electrons. The molecule has 1 unspecified atom stereocenters. The summed E-state index contributed by atoms with van der Waals surface area (Å²) in [5.74, 6) is 1.19. The normalized spacial score (nSPS) is 21.0. The molecular weight excluding hydrogens is 407 g/mol. The van der Waals surface area contributed by atoms with Gasteiger partial charge < -0.3 is 15.5 Å². The van der Waals surface area contributed by atoms with Crippen molar-refractivity contribution in [2.24, 2.45) is 17.6 Å². The SMILES string of the molecule is CN1CCC(C2CCN(C(=O)C(N)Cc3cc(C(F)(F)F)c4[nH]ncc4c3)CC2)CC1. The first-order valence-corrected chi connectivity index (χ1v) is 11.0. The van der Waals surface area contributed by atoms with E-state index in [1.807, 2.05) is 0 Å². The van der Waals surface area contributed by atoms with Gasteiger partial charge in [-0.1, -0.05) is 0 Å². The monoisotopic (exact) mass is 437 g/mol. The molecule has 9 heteroatoms. The number of halogens is 3. The Kier molecular flexibility index (Phi) is 6.25. The van der Waals surface area contributed by atoms with E-state index in [9.17, 15) is 18.0 Å². The standard InChI is InChI=1S/C22H30F3N5O/c1-29-6-2-15(3-7-29)16-4-8-30(9-5-16)21(31)19(26)12-14-10-17-13-27-28-20(17)18(11-14)22(23,24)25/h10-11,13,15-16,19H,2-9,12,26H2,1H3,(H,27,28). The number of H-pyrrole nitrogens is 1. The number of rotatable bonds is 4. The number of amides is 1. The number of benzene rings is 1. The Morgan fingerprint density at radius 2 is 1.77 bits per heavy atom. The van der Waals surface area contributed by atoms with Crippen molar-refractivity contribution >= 4 is 16.8 Å². The van der Waals surface area contributed by atoms with E-state index >= 15 is 0 Å². The molecule has 6 nitrogen and oxygen atoms in total. The van der Waals surface area contributed by atoms with Crippen LogP contribution in [-0.2, 0) is 17.4 Å². The van der Waals surface area contributed by atoms with Crippen molar-refractivity contribution < 1.29 is 18.0 Å². The molecule has 0 spiro atoms. The van der Waals surface area contributed by atoms with Crippen molar-refractivity contribution in [2.75, 3.05) is 33.2 Å². The molecule has 1 atom stereocenters. The molecule has 1 aromatic carbocycles. The molecule has 4 rings (SSSR count). The van der Waals surface area contributed by atoms with Gasteiger partial charge in [0.15, 0.2) is 0 Å². The van der Waals surface area contributed by atoms with Crippen LogP contribution in [0.2, 0.25) is 0 Å². The molecule has 0 bridgehead atoms. The fourth-order valence-electron chi connectivity index (χ4n) is 5.13. The molecule has 3 N–H and O–H groups in total. The van der Waals surface area contributed by atoms with E-state index in [4.69, 9.17) is 5.73 Å². The lowest BCUT2D eigenvalue weighted by Gasteiger charge is -2.40. The summed E-state index contributed by atoms with van der Waals surface area (Å²) in [6, 6.07) is 1.83. The van der Waals surface area contributed by atoms with Gasteiger partial charge in [0.2, 0.25) is 5.91 Å². The zero-order valence-electron chi connectivity index (χ0n) is 17.8. The Labute approximate surface area is 179 Å². The van der Waals surface area contributed by atoms with Crippen LogP contribution < -0.4 is 5.73 Å². The molecule has 0 saturated carbocycles. The Bertz CT molecular complexity index is 911. The van der Waals surface area contributed by atoms with Gasteiger partial charge in [-0.05, 0) is 81.8 Å². The average Bonchev–Trinajstić information content (AvgIpc) is 3.21. The van der Waals surface area contributed by atoms with Gasteiger partial charge in [-0.15, -0.1) is 0 Å². The van der Waals surface area contributed by atoms with Gasteiger partial charge in [0.05, 0.1) is 23.3 Å². The molecule has 0 aliphatic carbocycles. The fourth-order valence-corrected chi connectivity index (χ4v) is 5.13. The van der Waals surface area contributed by atoms with Crippen molar-refractivity contribution in [3.05, 3.63) is 29.5 Å². The lowest BCUT2D eigenvalue weighted by molar-refractivity contribution is -0.136. The number of carbonyl (C=O) groups is 1. The van der Waals surface area contributed by atoms with Crippen molar-refractivity contribution in [1.29, 1.82) is 0 Å². The predicted octanol–water partition coefficient (Wildman–Crippen LogP) is 3.03. The zero-order chi connectivity index (χ0) is 22.2. The van der Waals surface area contributed by atoms with E-state index in [1.54, 1.807) is 11.0 Å². The number of hydrogen-bond donors (Lipinski definition) is 2. The first kappa shape index (κ1) is 22.1. The predicted molar refractivity (Wildman–Crippen MR) is 112 cm³/mol.